The van der Waals surface area contributed by atoms with Crippen LogP contribution in [0, 0.1) is 5.41 Å². The minimum Gasteiger partial charge on any atom is -0.489 e. The van der Waals surface area contributed by atoms with E-state index in [1.165, 1.54) is 0 Å². The third kappa shape index (κ3) is 3.35. The monoisotopic (exact) mass is 261 g/mol. The molecule has 1 aromatic rings. The molecule has 1 heterocycles. The molecule has 0 saturated carbocycles. The molecule has 0 atom stereocenters. The zero-order chi connectivity index (χ0) is 13.7. The number of benzene rings is 1. The number of carbonyl (C=O) groups excluding carboxylic acids is 1. The van der Waals surface area contributed by atoms with Gasteiger partial charge in [-0.3, -0.25) is 4.79 Å². The van der Waals surface area contributed by atoms with Crippen molar-refractivity contribution in [3.63, 3.8) is 0 Å². The highest BCUT2D eigenvalue weighted by molar-refractivity contribution is 5.96. The molecular formula is C15H19NO3. The van der Waals surface area contributed by atoms with Crippen LogP contribution in [0.25, 0.3) is 0 Å². The first-order valence-corrected chi connectivity index (χ1v) is 6.33. The molecule has 1 amide bonds. The summed E-state index contributed by atoms with van der Waals surface area (Å²) in [6.45, 7) is 8.08. The van der Waals surface area contributed by atoms with Gasteiger partial charge in [0.1, 0.15) is 12.4 Å². The molecule has 0 unspecified atom stereocenters. The van der Waals surface area contributed by atoms with Crippen molar-refractivity contribution in [2.45, 2.75) is 6.92 Å². The first kappa shape index (κ1) is 13.6. The molecule has 4 nitrogen and oxygen atoms in total. The average molecular weight is 261 g/mol. The van der Waals surface area contributed by atoms with Crippen molar-refractivity contribution in [1.82, 2.24) is 5.32 Å². The maximum atomic E-state index is 12.2. The maximum absolute atomic E-state index is 12.2. The predicted molar refractivity (Wildman–Crippen MR) is 73.4 cm³/mol. The zero-order valence-corrected chi connectivity index (χ0v) is 11.1. The van der Waals surface area contributed by atoms with Crippen molar-refractivity contribution in [3.05, 3.63) is 42.5 Å². The Morgan fingerprint density at radius 2 is 2.26 bits per heavy atom. The fourth-order valence-corrected chi connectivity index (χ4v) is 1.87. The van der Waals surface area contributed by atoms with E-state index >= 15 is 0 Å². The number of hydrogen-bond donors (Lipinski definition) is 1. The van der Waals surface area contributed by atoms with E-state index in [1.54, 1.807) is 18.2 Å². The highest BCUT2D eigenvalue weighted by atomic mass is 16.5. The molecule has 0 radical (unpaired) electrons. The highest BCUT2D eigenvalue weighted by Gasteiger charge is 2.33. The van der Waals surface area contributed by atoms with Crippen LogP contribution in [0.15, 0.2) is 36.9 Å². The molecule has 1 aliphatic rings. The second-order valence-corrected chi connectivity index (χ2v) is 5.08. The van der Waals surface area contributed by atoms with Crippen LogP contribution >= 0.6 is 0 Å². The first-order valence-electron chi connectivity index (χ1n) is 6.33. The summed E-state index contributed by atoms with van der Waals surface area (Å²) in [6, 6.07) is 7.21. The summed E-state index contributed by atoms with van der Waals surface area (Å²) in [7, 11) is 0. The number of nitrogens with one attached hydrogen (secondary N) is 1. The Kier molecular flexibility index (Phi) is 4.22. The van der Waals surface area contributed by atoms with Gasteiger partial charge in [-0.15, -0.1) is 0 Å². The molecule has 0 spiro atoms. The lowest BCUT2D eigenvalue weighted by atomic mass is 9.88. The Morgan fingerprint density at radius 3 is 2.89 bits per heavy atom. The number of carbonyl (C=O) groups is 1. The third-order valence-electron chi connectivity index (χ3n) is 3.07. The predicted octanol–water partition coefficient (Wildman–Crippen LogP) is 2.02. The summed E-state index contributed by atoms with van der Waals surface area (Å²) in [5, 5.41) is 2.93. The summed E-state index contributed by atoms with van der Waals surface area (Å²) < 4.78 is 10.6. The minimum atomic E-state index is -0.118. The molecule has 1 aromatic carbocycles. The molecule has 102 valence electrons. The second kappa shape index (κ2) is 5.89. The lowest BCUT2D eigenvalue weighted by Crippen LogP contribution is -2.48. The van der Waals surface area contributed by atoms with Crippen molar-refractivity contribution < 1.29 is 14.3 Å². The number of ether oxygens (including phenoxy) is 2. The molecule has 2 rings (SSSR count). The van der Waals surface area contributed by atoms with Crippen LogP contribution in [0.4, 0.5) is 0 Å². The van der Waals surface area contributed by atoms with Gasteiger partial charge in [-0.2, -0.15) is 0 Å². The van der Waals surface area contributed by atoms with Crippen LogP contribution in [-0.4, -0.2) is 32.3 Å². The van der Waals surface area contributed by atoms with Crippen LogP contribution in [0.3, 0.4) is 0 Å². The highest BCUT2D eigenvalue weighted by Crippen LogP contribution is 2.25. The normalized spacial score (nSPS) is 16.3. The number of rotatable bonds is 6. The molecule has 0 aliphatic carbocycles. The van der Waals surface area contributed by atoms with Crippen molar-refractivity contribution in [2.75, 3.05) is 26.4 Å². The summed E-state index contributed by atoms with van der Waals surface area (Å²) in [4.78, 5) is 12.2. The van der Waals surface area contributed by atoms with Gasteiger partial charge in [0.15, 0.2) is 0 Å². The lowest BCUT2D eigenvalue weighted by molar-refractivity contribution is -0.0978. The van der Waals surface area contributed by atoms with Gasteiger partial charge < -0.3 is 14.8 Å². The molecule has 0 aromatic heterocycles. The fraction of sp³-hybridized carbons (Fsp3) is 0.400. The fourth-order valence-electron chi connectivity index (χ4n) is 1.87. The third-order valence-corrected chi connectivity index (χ3v) is 3.07. The van der Waals surface area contributed by atoms with E-state index in [0.29, 0.717) is 37.7 Å². The van der Waals surface area contributed by atoms with Crippen LogP contribution in [0.1, 0.15) is 17.3 Å². The largest absolute Gasteiger partial charge is 0.489 e. The molecule has 1 fully saturated rings. The van der Waals surface area contributed by atoms with Gasteiger partial charge in [0.2, 0.25) is 0 Å². The number of amides is 1. The Labute approximate surface area is 113 Å². The van der Waals surface area contributed by atoms with Gasteiger partial charge in [0.25, 0.3) is 5.91 Å². The Hall–Kier alpha value is -1.81. The van der Waals surface area contributed by atoms with Crippen LogP contribution in [-0.2, 0) is 4.74 Å². The quantitative estimate of drug-likeness (QED) is 0.797. The van der Waals surface area contributed by atoms with Gasteiger partial charge in [-0.1, -0.05) is 31.7 Å². The average Bonchev–Trinajstić information content (AvgIpc) is 2.40. The maximum Gasteiger partial charge on any atom is 0.255 e. The Bertz CT molecular complexity index is 466. The Morgan fingerprint density at radius 1 is 1.53 bits per heavy atom. The Balaban J connectivity index is 1.99. The smallest absolute Gasteiger partial charge is 0.255 e. The van der Waals surface area contributed by atoms with Crippen molar-refractivity contribution in [2.24, 2.45) is 5.41 Å². The van der Waals surface area contributed by atoms with Gasteiger partial charge in [-0.05, 0) is 12.1 Å². The number of para-hydroxylation sites is 1. The van der Waals surface area contributed by atoms with E-state index in [1.807, 2.05) is 12.1 Å². The summed E-state index contributed by atoms with van der Waals surface area (Å²) in [5.41, 5.74) is 0.611. The van der Waals surface area contributed by atoms with Crippen molar-refractivity contribution in [1.29, 1.82) is 0 Å². The molecular weight excluding hydrogens is 242 g/mol. The van der Waals surface area contributed by atoms with E-state index in [0.717, 1.165) is 0 Å². The van der Waals surface area contributed by atoms with Crippen LogP contribution < -0.4 is 10.1 Å². The summed E-state index contributed by atoms with van der Waals surface area (Å²) >= 11 is 0. The lowest BCUT2D eigenvalue weighted by Gasteiger charge is -2.38. The standard InChI is InChI=1S/C15H19NO3/c1-3-8-19-13-7-5-4-6-12(13)14(17)16-9-15(2)10-18-11-15/h3-7H,1,8-11H2,2H3,(H,16,17). The topological polar surface area (TPSA) is 47.6 Å². The molecule has 4 heteroatoms. The van der Waals surface area contributed by atoms with Gasteiger partial charge in [0.05, 0.1) is 18.8 Å². The molecule has 0 bridgehead atoms. The van der Waals surface area contributed by atoms with E-state index in [4.69, 9.17) is 9.47 Å². The van der Waals surface area contributed by atoms with Crippen molar-refractivity contribution in [3.8, 4) is 5.75 Å². The zero-order valence-electron chi connectivity index (χ0n) is 11.1. The summed E-state index contributed by atoms with van der Waals surface area (Å²) in [6.07, 6.45) is 1.65. The molecule has 19 heavy (non-hydrogen) atoms. The van der Waals surface area contributed by atoms with E-state index in [-0.39, 0.29) is 11.3 Å². The van der Waals surface area contributed by atoms with Gasteiger partial charge in [-0.25, -0.2) is 0 Å². The molecule has 1 aliphatic heterocycles. The van der Waals surface area contributed by atoms with Gasteiger partial charge >= 0.3 is 0 Å². The minimum absolute atomic E-state index is 0.0621. The van der Waals surface area contributed by atoms with Crippen molar-refractivity contribution >= 4 is 5.91 Å². The van der Waals surface area contributed by atoms with E-state index < -0.39 is 0 Å². The SMILES string of the molecule is C=CCOc1ccccc1C(=O)NCC1(C)COC1. The number of hydrogen-bond acceptors (Lipinski definition) is 3. The first-order chi connectivity index (χ1) is 9.14. The van der Waals surface area contributed by atoms with E-state index in [2.05, 4.69) is 18.8 Å². The molecule has 1 N–H and O–H groups in total. The van der Waals surface area contributed by atoms with E-state index in [9.17, 15) is 4.79 Å². The van der Waals surface area contributed by atoms with Gasteiger partial charge in [0, 0.05) is 12.0 Å². The van der Waals surface area contributed by atoms with Crippen LogP contribution in [0.2, 0.25) is 0 Å². The molecule has 1 saturated heterocycles. The van der Waals surface area contributed by atoms with Crippen LogP contribution in [0.5, 0.6) is 5.75 Å². The second-order valence-electron chi connectivity index (χ2n) is 5.08. The summed E-state index contributed by atoms with van der Waals surface area (Å²) in [5.74, 6) is 0.461.